The molecule has 1 N–H and O–H groups in total. The van der Waals surface area contributed by atoms with Gasteiger partial charge in [-0.1, -0.05) is 29.8 Å². The molecule has 3 nitrogen and oxygen atoms in total. The number of aryl methyl sites for hydroxylation is 1. The molecule has 0 bridgehead atoms. The number of carbonyl (C=O) groups excluding carboxylic acids is 1. The summed E-state index contributed by atoms with van der Waals surface area (Å²) >= 11 is 0. The number of amides is 1. The molecule has 19 heavy (non-hydrogen) atoms. The number of carbonyl (C=O) groups is 1. The average Bonchev–Trinajstić information content (AvgIpc) is 2.40. The predicted octanol–water partition coefficient (Wildman–Crippen LogP) is 2.57. The largest absolute Gasteiger partial charge is 0.379 e. The van der Waals surface area contributed by atoms with Crippen molar-refractivity contribution in [2.75, 3.05) is 13.2 Å². The fourth-order valence-corrected chi connectivity index (χ4v) is 2.39. The Morgan fingerprint density at radius 1 is 1.42 bits per heavy atom. The van der Waals surface area contributed by atoms with E-state index in [0.717, 1.165) is 25.0 Å². The first-order chi connectivity index (χ1) is 9.00. The zero-order valence-electron chi connectivity index (χ0n) is 12.0. The van der Waals surface area contributed by atoms with Gasteiger partial charge in [0.25, 0.3) is 0 Å². The molecule has 1 amide bonds. The molecule has 0 aromatic heterocycles. The Morgan fingerprint density at radius 2 is 2.21 bits per heavy atom. The number of nitrogens with one attached hydrogen (secondary N) is 1. The minimum atomic E-state index is -0.510. The molecule has 1 aliphatic rings. The minimum absolute atomic E-state index is 0.0774. The molecule has 1 aromatic carbocycles. The number of benzene rings is 1. The molecule has 0 aliphatic carbocycles. The average molecular weight is 261 g/mol. The molecule has 0 radical (unpaired) electrons. The van der Waals surface area contributed by atoms with Crippen molar-refractivity contribution in [3.05, 3.63) is 35.4 Å². The van der Waals surface area contributed by atoms with Gasteiger partial charge in [-0.2, -0.15) is 0 Å². The number of hydrogen-bond donors (Lipinski definition) is 1. The van der Waals surface area contributed by atoms with Crippen molar-refractivity contribution in [1.82, 2.24) is 5.32 Å². The highest BCUT2D eigenvalue weighted by molar-refractivity contribution is 5.87. The standard InChI is InChI=1S/C16H23NO2/c1-12-6-4-7-13(10-12)16(2,3)15(18)17-14-8-5-9-19-11-14/h4,6-7,10,14H,5,8-9,11H2,1-3H3,(H,17,18)/t14-/m1/s1. The quantitative estimate of drug-likeness (QED) is 0.908. The van der Waals surface area contributed by atoms with E-state index in [9.17, 15) is 4.79 Å². The molecule has 0 spiro atoms. The van der Waals surface area contributed by atoms with Crippen molar-refractivity contribution < 1.29 is 9.53 Å². The first-order valence-corrected chi connectivity index (χ1v) is 6.96. The third-order valence-electron chi connectivity index (χ3n) is 3.80. The van der Waals surface area contributed by atoms with E-state index in [1.807, 2.05) is 39.0 Å². The Kier molecular flexibility index (Phi) is 4.25. The van der Waals surface area contributed by atoms with Crippen molar-refractivity contribution in [2.24, 2.45) is 0 Å². The van der Waals surface area contributed by atoms with Crippen molar-refractivity contribution in [3.8, 4) is 0 Å². The molecule has 0 saturated carbocycles. The van der Waals surface area contributed by atoms with E-state index < -0.39 is 5.41 Å². The van der Waals surface area contributed by atoms with E-state index in [1.165, 1.54) is 5.56 Å². The highest BCUT2D eigenvalue weighted by Gasteiger charge is 2.31. The van der Waals surface area contributed by atoms with Crippen LogP contribution in [0.5, 0.6) is 0 Å². The molecule has 1 aromatic rings. The summed E-state index contributed by atoms with van der Waals surface area (Å²) < 4.78 is 5.41. The van der Waals surface area contributed by atoms with Crippen molar-refractivity contribution in [2.45, 2.75) is 45.1 Å². The minimum Gasteiger partial charge on any atom is -0.379 e. The van der Waals surface area contributed by atoms with Crippen molar-refractivity contribution in [1.29, 1.82) is 0 Å². The number of rotatable bonds is 3. The summed E-state index contributed by atoms with van der Waals surface area (Å²) in [6.45, 7) is 7.44. The normalized spacial score (nSPS) is 20.1. The van der Waals surface area contributed by atoms with Gasteiger partial charge in [0.15, 0.2) is 0 Å². The summed E-state index contributed by atoms with van der Waals surface area (Å²) in [5.74, 6) is 0.0774. The molecular formula is C16H23NO2. The number of ether oxygens (including phenoxy) is 1. The summed E-state index contributed by atoms with van der Waals surface area (Å²) in [5, 5.41) is 3.11. The van der Waals surface area contributed by atoms with Gasteiger partial charge in [-0.15, -0.1) is 0 Å². The SMILES string of the molecule is Cc1cccc(C(C)(C)C(=O)N[C@@H]2CCCOC2)c1. The molecule has 1 heterocycles. The third-order valence-corrected chi connectivity index (χ3v) is 3.80. The van der Waals surface area contributed by atoms with Gasteiger partial charge < -0.3 is 10.1 Å². The molecule has 104 valence electrons. The summed E-state index contributed by atoms with van der Waals surface area (Å²) in [7, 11) is 0. The highest BCUT2D eigenvalue weighted by atomic mass is 16.5. The summed E-state index contributed by atoms with van der Waals surface area (Å²) in [6.07, 6.45) is 2.03. The van der Waals surface area contributed by atoms with Crippen LogP contribution in [0.1, 0.15) is 37.8 Å². The van der Waals surface area contributed by atoms with Gasteiger partial charge in [-0.05, 0) is 39.2 Å². The second-order valence-corrected chi connectivity index (χ2v) is 5.88. The molecule has 2 rings (SSSR count). The second-order valence-electron chi connectivity index (χ2n) is 5.88. The lowest BCUT2D eigenvalue weighted by molar-refractivity contribution is -0.127. The lowest BCUT2D eigenvalue weighted by atomic mass is 9.82. The van der Waals surface area contributed by atoms with Crippen molar-refractivity contribution in [3.63, 3.8) is 0 Å². The first kappa shape index (κ1) is 14.1. The molecule has 0 unspecified atom stereocenters. The van der Waals surface area contributed by atoms with Crippen LogP contribution < -0.4 is 5.32 Å². The van der Waals surface area contributed by atoms with Crippen LogP contribution in [0.4, 0.5) is 0 Å². The predicted molar refractivity (Wildman–Crippen MR) is 76.2 cm³/mol. The van der Waals surface area contributed by atoms with Gasteiger partial charge in [0.05, 0.1) is 18.1 Å². The highest BCUT2D eigenvalue weighted by Crippen LogP contribution is 2.24. The molecular weight excluding hydrogens is 238 g/mol. The maximum atomic E-state index is 12.5. The third kappa shape index (κ3) is 3.35. The maximum absolute atomic E-state index is 12.5. The van der Waals surface area contributed by atoms with E-state index in [0.29, 0.717) is 6.61 Å². The van der Waals surface area contributed by atoms with Gasteiger partial charge >= 0.3 is 0 Å². The fraction of sp³-hybridized carbons (Fsp3) is 0.562. The summed E-state index contributed by atoms with van der Waals surface area (Å²) in [6, 6.07) is 8.31. The molecule has 1 fully saturated rings. The van der Waals surface area contributed by atoms with E-state index in [1.54, 1.807) is 0 Å². The van der Waals surface area contributed by atoms with E-state index in [-0.39, 0.29) is 11.9 Å². The Hall–Kier alpha value is -1.35. The van der Waals surface area contributed by atoms with E-state index >= 15 is 0 Å². The van der Waals surface area contributed by atoms with Gasteiger partial charge in [-0.3, -0.25) is 4.79 Å². The topological polar surface area (TPSA) is 38.3 Å². The van der Waals surface area contributed by atoms with Crippen LogP contribution in [-0.4, -0.2) is 25.2 Å². The summed E-state index contributed by atoms with van der Waals surface area (Å²) in [4.78, 5) is 12.5. The molecule has 1 aliphatic heterocycles. The van der Waals surface area contributed by atoms with Crippen LogP contribution in [0.25, 0.3) is 0 Å². The monoisotopic (exact) mass is 261 g/mol. The van der Waals surface area contributed by atoms with Crippen LogP contribution in [0.2, 0.25) is 0 Å². The van der Waals surface area contributed by atoms with E-state index in [2.05, 4.69) is 11.4 Å². The van der Waals surface area contributed by atoms with Crippen LogP contribution in [0, 0.1) is 6.92 Å². The Labute approximate surface area is 115 Å². The molecule has 1 atom stereocenters. The van der Waals surface area contributed by atoms with Gasteiger partial charge in [0.1, 0.15) is 0 Å². The Bertz CT molecular complexity index is 448. The zero-order valence-corrected chi connectivity index (χ0v) is 12.0. The first-order valence-electron chi connectivity index (χ1n) is 6.96. The smallest absolute Gasteiger partial charge is 0.230 e. The second kappa shape index (κ2) is 5.74. The van der Waals surface area contributed by atoms with Crippen LogP contribution >= 0.6 is 0 Å². The molecule has 3 heteroatoms. The van der Waals surface area contributed by atoms with Crippen LogP contribution in [0.3, 0.4) is 0 Å². The van der Waals surface area contributed by atoms with Gasteiger partial charge in [-0.25, -0.2) is 0 Å². The maximum Gasteiger partial charge on any atom is 0.230 e. The van der Waals surface area contributed by atoms with Gasteiger partial charge in [0, 0.05) is 6.61 Å². The van der Waals surface area contributed by atoms with E-state index in [4.69, 9.17) is 4.74 Å². The lowest BCUT2D eigenvalue weighted by Crippen LogP contribution is -2.48. The number of hydrogen-bond acceptors (Lipinski definition) is 2. The zero-order chi connectivity index (χ0) is 13.9. The summed E-state index contributed by atoms with van der Waals surface area (Å²) in [5.41, 5.74) is 1.73. The lowest BCUT2D eigenvalue weighted by Gasteiger charge is -2.29. The van der Waals surface area contributed by atoms with Crippen LogP contribution in [0.15, 0.2) is 24.3 Å². The van der Waals surface area contributed by atoms with Crippen LogP contribution in [-0.2, 0) is 14.9 Å². The fourth-order valence-electron chi connectivity index (χ4n) is 2.39. The Morgan fingerprint density at radius 3 is 2.84 bits per heavy atom. The van der Waals surface area contributed by atoms with Crippen molar-refractivity contribution >= 4 is 5.91 Å². The van der Waals surface area contributed by atoms with Gasteiger partial charge in [0.2, 0.25) is 5.91 Å². The molecule has 1 saturated heterocycles. The Balaban J connectivity index is 2.07.